The summed E-state index contributed by atoms with van der Waals surface area (Å²) >= 11 is 3.74. The van der Waals surface area contributed by atoms with Gasteiger partial charge in [0, 0.05) is 32.2 Å². The largest absolute Gasteiger partial charge is 0.496 e. The van der Waals surface area contributed by atoms with Gasteiger partial charge >= 0.3 is 0 Å². The summed E-state index contributed by atoms with van der Waals surface area (Å²) in [6.45, 7) is 0. The summed E-state index contributed by atoms with van der Waals surface area (Å²) in [6, 6.07) is 36.0. The summed E-state index contributed by atoms with van der Waals surface area (Å²) < 4.78 is 11.6. The summed E-state index contributed by atoms with van der Waals surface area (Å²) in [7, 11) is 3.50. The number of methoxy groups -OCH3 is 2. The molecule has 4 aromatic carbocycles. The lowest BCUT2D eigenvalue weighted by atomic mass is 9.97. The van der Waals surface area contributed by atoms with Gasteiger partial charge in [0.2, 0.25) is 0 Å². The van der Waals surface area contributed by atoms with Crippen LogP contribution >= 0.6 is 23.1 Å². The molecule has 37 heavy (non-hydrogen) atoms. The van der Waals surface area contributed by atoms with Gasteiger partial charge in [-0.1, -0.05) is 78.9 Å². The first-order valence-electron chi connectivity index (χ1n) is 12.3. The average Bonchev–Trinajstić information content (AvgIpc) is 3.20. The van der Waals surface area contributed by atoms with Crippen LogP contribution in [-0.4, -0.2) is 14.2 Å². The van der Waals surface area contributed by atoms with Crippen LogP contribution in [0.1, 0.15) is 26.8 Å². The van der Waals surface area contributed by atoms with E-state index >= 15 is 0 Å². The molecule has 1 N–H and O–H groups in total. The van der Waals surface area contributed by atoms with E-state index < -0.39 is 0 Å². The van der Waals surface area contributed by atoms with Crippen LogP contribution in [-0.2, 0) is 6.42 Å². The Bertz CT molecular complexity index is 1540. The highest BCUT2D eigenvalue weighted by Gasteiger charge is 2.33. The first-order chi connectivity index (χ1) is 18.3. The number of thioether (sulfide) groups is 1. The molecule has 0 saturated heterocycles. The SMILES string of the molecule is COc1ccccc1Cc1sc(-c2ccccc2)c2c1Nc1ccccc1SC2c1ccccc1OC. The van der Waals surface area contributed by atoms with Gasteiger partial charge in [-0.2, -0.15) is 0 Å². The second kappa shape index (κ2) is 10.4. The zero-order valence-corrected chi connectivity index (χ0v) is 22.4. The van der Waals surface area contributed by atoms with Crippen LogP contribution in [0.25, 0.3) is 10.4 Å². The van der Waals surface area contributed by atoms with E-state index in [0.717, 1.165) is 23.6 Å². The molecule has 5 heteroatoms. The van der Waals surface area contributed by atoms with E-state index in [2.05, 4.69) is 90.2 Å². The fraction of sp³-hybridized carbons (Fsp3) is 0.125. The molecule has 5 aromatic rings. The molecule has 1 atom stereocenters. The molecule has 0 saturated carbocycles. The van der Waals surface area contributed by atoms with E-state index in [1.807, 2.05) is 41.3 Å². The van der Waals surface area contributed by atoms with Crippen molar-refractivity contribution in [1.82, 2.24) is 0 Å². The van der Waals surface area contributed by atoms with Crippen molar-refractivity contribution in [3.05, 3.63) is 125 Å². The van der Waals surface area contributed by atoms with Gasteiger partial charge in [-0.3, -0.25) is 0 Å². The Morgan fingerprint density at radius 2 is 1.41 bits per heavy atom. The van der Waals surface area contributed by atoms with Crippen LogP contribution < -0.4 is 14.8 Å². The second-order valence-corrected chi connectivity index (χ2v) is 11.1. The van der Waals surface area contributed by atoms with E-state index in [4.69, 9.17) is 9.47 Å². The molecule has 0 bridgehead atoms. The van der Waals surface area contributed by atoms with Crippen molar-refractivity contribution in [2.24, 2.45) is 0 Å². The van der Waals surface area contributed by atoms with E-state index in [9.17, 15) is 0 Å². The second-order valence-electron chi connectivity index (χ2n) is 8.86. The van der Waals surface area contributed by atoms with Crippen molar-refractivity contribution < 1.29 is 9.47 Å². The lowest BCUT2D eigenvalue weighted by molar-refractivity contribution is 0.410. The van der Waals surface area contributed by atoms with Gasteiger partial charge < -0.3 is 14.8 Å². The monoisotopic (exact) mass is 521 g/mol. The molecule has 0 spiro atoms. The van der Waals surface area contributed by atoms with Gasteiger partial charge in [0.15, 0.2) is 0 Å². The fourth-order valence-corrected chi connectivity index (χ4v) is 7.65. The summed E-state index contributed by atoms with van der Waals surface area (Å²) in [5.41, 5.74) is 7.19. The third-order valence-corrected chi connectivity index (χ3v) is 9.26. The number of nitrogens with one attached hydrogen (secondary N) is 1. The van der Waals surface area contributed by atoms with Gasteiger partial charge in [-0.15, -0.1) is 23.1 Å². The number of fused-ring (bicyclic) bond motifs is 2. The van der Waals surface area contributed by atoms with Gasteiger partial charge in [0.1, 0.15) is 11.5 Å². The Morgan fingerprint density at radius 3 is 2.22 bits per heavy atom. The normalized spacial score (nSPS) is 14.2. The summed E-state index contributed by atoms with van der Waals surface area (Å²) in [5, 5.41) is 3.92. The van der Waals surface area contributed by atoms with Crippen LogP contribution in [0, 0.1) is 0 Å². The minimum atomic E-state index is 0.0557. The van der Waals surface area contributed by atoms with Crippen LogP contribution in [0.4, 0.5) is 11.4 Å². The van der Waals surface area contributed by atoms with E-state index in [-0.39, 0.29) is 5.25 Å². The maximum Gasteiger partial charge on any atom is 0.123 e. The fourth-order valence-electron chi connectivity index (χ4n) is 4.93. The zero-order valence-electron chi connectivity index (χ0n) is 20.7. The molecule has 1 aliphatic rings. The number of hydrogen-bond donors (Lipinski definition) is 1. The average molecular weight is 522 g/mol. The first kappa shape index (κ1) is 23.7. The predicted molar refractivity (Wildman–Crippen MR) is 156 cm³/mol. The molecule has 3 nitrogen and oxygen atoms in total. The summed E-state index contributed by atoms with van der Waals surface area (Å²) in [6.07, 6.45) is 0.780. The number of thiophene rings is 1. The Kier molecular flexibility index (Phi) is 6.64. The molecule has 1 unspecified atom stereocenters. The Balaban J connectivity index is 1.62. The molecular weight excluding hydrogens is 494 g/mol. The Morgan fingerprint density at radius 1 is 0.730 bits per heavy atom. The van der Waals surface area contributed by atoms with Gasteiger partial charge in [-0.25, -0.2) is 0 Å². The maximum absolute atomic E-state index is 5.87. The van der Waals surface area contributed by atoms with Gasteiger partial charge in [0.05, 0.1) is 30.8 Å². The quantitative estimate of drug-likeness (QED) is 0.242. The molecule has 1 aromatic heterocycles. The molecule has 1 aliphatic heterocycles. The summed E-state index contributed by atoms with van der Waals surface area (Å²) in [5.74, 6) is 1.82. The number of para-hydroxylation sites is 3. The van der Waals surface area contributed by atoms with Gasteiger partial charge in [0.25, 0.3) is 0 Å². The van der Waals surface area contributed by atoms with Crippen molar-refractivity contribution in [1.29, 1.82) is 0 Å². The Labute approximate surface area is 226 Å². The highest BCUT2D eigenvalue weighted by Crippen LogP contribution is 2.57. The maximum atomic E-state index is 5.87. The minimum Gasteiger partial charge on any atom is -0.496 e. The van der Waals surface area contributed by atoms with Crippen LogP contribution in [0.5, 0.6) is 11.5 Å². The van der Waals surface area contributed by atoms with Crippen LogP contribution in [0.2, 0.25) is 0 Å². The number of anilines is 2. The van der Waals surface area contributed by atoms with E-state index in [1.165, 1.54) is 42.6 Å². The molecule has 0 amide bonds. The molecule has 0 fully saturated rings. The molecular formula is C32H27NO2S2. The molecule has 6 rings (SSSR count). The number of rotatable bonds is 6. The van der Waals surface area contributed by atoms with E-state index in [0.29, 0.717) is 0 Å². The van der Waals surface area contributed by atoms with Crippen LogP contribution in [0.3, 0.4) is 0 Å². The zero-order chi connectivity index (χ0) is 25.2. The van der Waals surface area contributed by atoms with Crippen molar-refractivity contribution in [2.75, 3.05) is 19.5 Å². The third-order valence-electron chi connectivity index (χ3n) is 6.67. The van der Waals surface area contributed by atoms with Gasteiger partial charge in [-0.05, 0) is 35.4 Å². The van der Waals surface area contributed by atoms with Crippen LogP contribution in [0.15, 0.2) is 108 Å². The number of hydrogen-bond acceptors (Lipinski definition) is 5. The first-order valence-corrected chi connectivity index (χ1v) is 13.9. The molecule has 0 aliphatic carbocycles. The third kappa shape index (κ3) is 4.50. The van der Waals surface area contributed by atoms with Crippen molar-refractivity contribution in [2.45, 2.75) is 16.6 Å². The van der Waals surface area contributed by atoms with Crippen molar-refractivity contribution in [3.63, 3.8) is 0 Å². The smallest absolute Gasteiger partial charge is 0.123 e. The molecule has 2 heterocycles. The highest BCUT2D eigenvalue weighted by molar-refractivity contribution is 8.00. The predicted octanol–water partition coefficient (Wildman–Crippen LogP) is 8.96. The highest BCUT2D eigenvalue weighted by atomic mass is 32.2. The molecule has 0 radical (unpaired) electrons. The summed E-state index contributed by atoms with van der Waals surface area (Å²) in [4.78, 5) is 3.79. The Hall–Kier alpha value is -3.67. The van der Waals surface area contributed by atoms with E-state index in [1.54, 1.807) is 14.2 Å². The topological polar surface area (TPSA) is 30.5 Å². The number of benzene rings is 4. The van der Waals surface area contributed by atoms with Crippen molar-refractivity contribution in [3.8, 4) is 21.9 Å². The number of ether oxygens (including phenoxy) is 2. The minimum absolute atomic E-state index is 0.0557. The molecule has 184 valence electrons. The lowest BCUT2D eigenvalue weighted by Crippen LogP contribution is -2.02. The lowest BCUT2D eigenvalue weighted by Gasteiger charge is -2.20. The standard InChI is InChI=1S/C32H27NO2S2/c1-34-25-17-9-6-14-22(25)20-28-30-29(31(37-28)21-12-4-3-5-13-21)32(23-15-7-10-18-26(23)35-2)36-27-19-11-8-16-24(27)33-30/h3-19,32-33H,20H2,1-2H3. The van der Waals surface area contributed by atoms with Crippen molar-refractivity contribution >= 4 is 34.5 Å².